The molecule has 0 bridgehead atoms. The summed E-state index contributed by atoms with van der Waals surface area (Å²) in [4.78, 5) is 53.7. The first-order valence-corrected chi connectivity index (χ1v) is 8.47. The Balaban J connectivity index is 2.81. The van der Waals surface area contributed by atoms with Gasteiger partial charge in [0, 0.05) is 24.1 Å². The number of H-pyrrole nitrogens is 1. The molecule has 3 amide bonds. The van der Waals surface area contributed by atoms with Crippen LogP contribution in [-0.4, -0.2) is 80.9 Å². The summed E-state index contributed by atoms with van der Waals surface area (Å²) in [6.07, 6.45) is 2.93. The minimum absolute atomic E-state index is 0.0624. The molecule has 3 unspecified atom stereocenters. The SMILES string of the molecule is NCC(=O)NC(Cc1cnc[nH]1)C(=O)NC(CS)C(=O)NC(CO)C(=O)O. The highest BCUT2D eigenvalue weighted by atomic mass is 32.1. The molecule has 8 N–H and O–H groups in total. The van der Waals surface area contributed by atoms with Crippen LogP contribution in [0.25, 0.3) is 0 Å². The van der Waals surface area contributed by atoms with Gasteiger partial charge in [0.1, 0.15) is 18.1 Å². The molecule has 3 atom stereocenters. The molecule has 0 aliphatic heterocycles. The van der Waals surface area contributed by atoms with E-state index in [1.54, 1.807) is 0 Å². The minimum Gasteiger partial charge on any atom is -0.480 e. The lowest BCUT2D eigenvalue weighted by Crippen LogP contribution is -2.57. The maximum Gasteiger partial charge on any atom is 0.328 e. The molecule has 150 valence electrons. The molecule has 0 radical (unpaired) electrons. The number of aliphatic hydroxyl groups is 1. The molecule has 27 heavy (non-hydrogen) atoms. The zero-order valence-corrected chi connectivity index (χ0v) is 15.1. The predicted octanol–water partition coefficient (Wildman–Crippen LogP) is -3.63. The Morgan fingerprint density at radius 3 is 2.26 bits per heavy atom. The highest BCUT2D eigenvalue weighted by molar-refractivity contribution is 7.80. The summed E-state index contributed by atoms with van der Waals surface area (Å²) in [5, 5.41) is 24.7. The van der Waals surface area contributed by atoms with Crippen molar-refractivity contribution in [1.29, 1.82) is 0 Å². The lowest BCUT2D eigenvalue weighted by Gasteiger charge is -2.23. The van der Waals surface area contributed by atoms with Gasteiger partial charge in [-0.25, -0.2) is 9.78 Å². The fourth-order valence-electron chi connectivity index (χ4n) is 2.00. The van der Waals surface area contributed by atoms with Gasteiger partial charge in [0.25, 0.3) is 0 Å². The Kier molecular flexibility index (Phi) is 9.25. The lowest BCUT2D eigenvalue weighted by molar-refractivity contribution is -0.143. The number of aromatic amines is 1. The summed E-state index contributed by atoms with van der Waals surface area (Å²) in [5.41, 5.74) is 5.81. The van der Waals surface area contributed by atoms with Gasteiger partial charge in [-0.2, -0.15) is 12.6 Å². The van der Waals surface area contributed by atoms with Gasteiger partial charge < -0.3 is 36.9 Å². The number of aliphatic hydroxyl groups excluding tert-OH is 1. The fourth-order valence-corrected chi connectivity index (χ4v) is 2.26. The van der Waals surface area contributed by atoms with Crippen molar-refractivity contribution in [3.63, 3.8) is 0 Å². The zero-order valence-electron chi connectivity index (χ0n) is 14.2. The van der Waals surface area contributed by atoms with Gasteiger partial charge in [0.2, 0.25) is 17.7 Å². The Hall–Kier alpha value is -2.64. The first-order valence-electron chi connectivity index (χ1n) is 7.84. The molecule has 12 nitrogen and oxygen atoms in total. The second kappa shape index (κ2) is 11.2. The topological polar surface area (TPSA) is 200 Å². The number of aromatic nitrogens is 2. The van der Waals surface area contributed by atoms with Gasteiger partial charge in [-0.3, -0.25) is 14.4 Å². The second-order valence-corrected chi connectivity index (χ2v) is 5.80. The number of carbonyl (C=O) groups is 4. The van der Waals surface area contributed by atoms with E-state index in [1.165, 1.54) is 12.5 Å². The predicted molar refractivity (Wildman–Crippen MR) is 95.7 cm³/mol. The van der Waals surface area contributed by atoms with E-state index in [1.807, 2.05) is 0 Å². The van der Waals surface area contributed by atoms with E-state index < -0.39 is 48.4 Å². The lowest BCUT2D eigenvalue weighted by atomic mass is 10.1. The Morgan fingerprint density at radius 1 is 1.15 bits per heavy atom. The fraction of sp³-hybridized carbons (Fsp3) is 0.500. The van der Waals surface area contributed by atoms with Gasteiger partial charge >= 0.3 is 5.97 Å². The molecular formula is C14H22N6O6S. The molecule has 1 rings (SSSR count). The van der Waals surface area contributed by atoms with Gasteiger partial charge in [-0.05, 0) is 0 Å². The van der Waals surface area contributed by atoms with E-state index in [9.17, 15) is 19.2 Å². The molecule has 1 aromatic rings. The summed E-state index contributed by atoms with van der Waals surface area (Å²) in [6, 6.07) is -3.76. The molecule has 0 aliphatic rings. The van der Waals surface area contributed by atoms with Crippen LogP contribution in [0.15, 0.2) is 12.5 Å². The molecule has 0 aromatic carbocycles. The van der Waals surface area contributed by atoms with Crippen molar-refractivity contribution < 1.29 is 29.4 Å². The molecule has 0 aliphatic carbocycles. The van der Waals surface area contributed by atoms with Crippen LogP contribution in [0.4, 0.5) is 0 Å². The van der Waals surface area contributed by atoms with E-state index >= 15 is 0 Å². The number of carboxylic acids is 1. The van der Waals surface area contributed by atoms with Crippen LogP contribution in [0.2, 0.25) is 0 Å². The number of hydrogen-bond acceptors (Lipinski definition) is 8. The number of hydrogen-bond donors (Lipinski definition) is 8. The van der Waals surface area contributed by atoms with Crippen LogP contribution in [0, 0.1) is 0 Å². The summed E-state index contributed by atoms with van der Waals surface area (Å²) < 4.78 is 0. The van der Waals surface area contributed by atoms with Crippen LogP contribution in [0.1, 0.15) is 5.69 Å². The van der Waals surface area contributed by atoms with E-state index in [2.05, 4.69) is 38.5 Å². The number of thiol groups is 1. The third-order valence-corrected chi connectivity index (χ3v) is 3.79. The van der Waals surface area contributed by atoms with Crippen LogP contribution < -0.4 is 21.7 Å². The maximum atomic E-state index is 12.5. The Bertz CT molecular complexity index is 655. The summed E-state index contributed by atoms with van der Waals surface area (Å²) >= 11 is 3.97. The maximum absolute atomic E-state index is 12.5. The summed E-state index contributed by atoms with van der Waals surface area (Å²) in [5.74, 6) is -3.69. The van der Waals surface area contributed by atoms with Crippen molar-refractivity contribution in [3.8, 4) is 0 Å². The van der Waals surface area contributed by atoms with Gasteiger partial charge in [-0.1, -0.05) is 0 Å². The molecular weight excluding hydrogens is 380 g/mol. The van der Waals surface area contributed by atoms with Crippen molar-refractivity contribution in [2.45, 2.75) is 24.5 Å². The van der Waals surface area contributed by atoms with E-state index in [0.29, 0.717) is 5.69 Å². The molecule has 0 fully saturated rings. The van der Waals surface area contributed by atoms with Crippen molar-refractivity contribution in [2.24, 2.45) is 5.73 Å². The number of aliphatic carboxylic acids is 1. The average Bonchev–Trinajstić information content (AvgIpc) is 3.15. The van der Waals surface area contributed by atoms with Gasteiger partial charge in [-0.15, -0.1) is 0 Å². The first-order chi connectivity index (χ1) is 12.8. The van der Waals surface area contributed by atoms with Crippen molar-refractivity contribution in [1.82, 2.24) is 25.9 Å². The average molecular weight is 402 g/mol. The molecule has 1 aromatic heterocycles. The molecule has 0 saturated carbocycles. The number of imidazole rings is 1. The number of carboxylic acid groups (broad SMARTS) is 1. The minimum atomic E-state index is -1.52. The number of nitrogens with zero attached hydrogens (tertiary/aromatic N) is 1. The highest BCUT2D eigenvalue weighted by Gasteiger charge is 2.28. The van der Waals surface area contributed by atoms with Crippen molar-refractivity contribution >= 4 is 36.3 Å². The smallest absolute Gasteiger partial charge is 0.328 e. The number of amides is 3. The van der Waals surface area contributed by atoms with Gasteiger partial charge in [0.05, 0.1) is 19.5 Å². The summed E-state index contributed by atoms with van der Waals surface area (Å²) in [6.45, 7) is -1.15. The largest absolute Gasteiger partial charge is 0.480 e. The van der Waals surface area contributed by atoms with E-state index in [0.717, 1.165) is 0 Å². The van der Waals surface area contributed by atoms with Crippen LogP contribution in [-0.2, 0) is 25.6 Å². The number of nitrogens with two attached hydrogens (primary N) is 1. The quantitative estimate of drug-likeness (QED) is 0.173. The second-order valence-electron chi connectivity index (χ2n) is 5.43. The summed E-state index contributed by atoms with van der Waals surface area (Å²) in [7, 11) is 0. The normalized spacial score (nSPS) is 13.9. The van der Waals surface area contributed by atoms with E-state index in [-0.39, 0.29) is 18.7 Å². The van der Waals surface area contributed by atoms with Gasteiger partial charge in [0.15, 0.2) is 0 Å². The molecule has 13 heteroatoms. The van der Waals surface area contributed by atoms with Crippen LogP contribution in [0.3, 0.4) is 0 Å². The third kappa shape index (κ3) is 7.24. The number of nitrogens with one attached hydrogen (secondary N) is 4. The van der Waals surface area contributed by atoms with Crippen molar-refractivity contribution in [3.05, 3.63) is 18.2 Å². The molecule has 0 spiro atoms. The first kappa shape index (κ1) is 22.4. The molecule has 1 heterocycles. The van der Waals surface area contributed by atoms with Crippen molar-refractivity contribution in [2.75, 3.05) is 18.9 Å². The Morgan fingerprint density at radius 2 is 1.78 bits per heavy atom. The van der Waals surface area contributed by atoms with Crippen LogP contribution >= 0.6 is 12.6 Å². The third-order valence-electron chi connectivity index (χ3n) is 3.43. The van der Waals surface area contributed by atoms with E-state index in [4.69, 9.17) is 15.9 Å². The monoisotopic (exact) mass is 402 g/mol. The zero-order chi connectivity index (χ0) is 20.4. The molecule has 0 saturated heterocycles. The Labute approximate surface area is 159 Å². The highest BCUT2D eigenvalue weighted by Crippen LogP contribution is 2.01. The standard InChI is InChI=1S/C14H22N6O6S/c15-2-11(22)18-8(1-7-3-16-6-17-7)12(23)20-10(5-27)13(24)19-9(4-21)14(25)26/h3,6,8-10,21,27H,1-2,4-5,15H2,(H,16,17)(H,18,22)(H,19,24)(H,20,23)(H,25,26). The number of carbonyl (C=O) groups excluding carboxylic acids is 3. The van der Waals surface area contributed by atoms with Crippen LogP contribution in [0.5, 0.6) is 0 Å². The number of rotatable bonds is 11.